The maximum Gasteiger partial charge on any atom is 0.416 e. The van der Waals surface area contributed by atoms with Crippen LogP contribution in [0.15, 0.2) is 48.5 Å². The molecule has 0 saturated heterocycles. The van der Waals surface area contributed by atoms with Gasteiger partial charge in [-0.05, 0) is 50.1 Å². The molecule has 8 heteroatoms. The zero-order valence-corrected chi connectivity index (χ0v) is 16.4. The maximum atomic E-state index is 12.7. The standard InChI is InChI=1S/C21H23F3N2O3/c1-20(2,3)29-19(28)26-13-12-25-18(27)17-7-5-4-6-16(17)14-8-10-15(11-9-14)21(22,23)24/h4-11H,12-13H2,1-3H3,(H,25,27)(H,26,28). The topological polar surface area (TPSA) is 67.4 Å². The monoisotopic (exact) mass is 408 g/mol. The molecule has 0 unspecified atom stereocenters. The Balaban J connectivity index is 2.01. The lowest BCUT2D eigenvalue weighted by Crippen LogP contribution is -2.37. The van der Waals surface area contributed by atoms with Crippen molar-refractivity contribution in [2.24, 2.45) is 0 Å². The fourth-order valence-electron chi connectivity index (χ4n) is 2.52. The number of hydrogen-bond acceptors (Lipinski definition) is 3. The molecular weight excluding hydrogens is 385 g/mol. The van der Waals surface area contributed by atoms with Crippen molar-refractivity contribution in [3.8, 4) is 11.1 Å². The third-order valence-corrected chi connectivity index (χ3v) is 3.77. The lowest BCUT2D eigenvalue weighted by molar-refractivity contribution is -0.137. The fraction of sp³-hybridized carbons (Fsp3) is 0.333. The van der Waals surface area contributed by atoms with Gasteiger partial charge in [-0.2, -0.15) is 13.2 Å². The summed E-state index contributed by atoms with van der Waals surface area (Å²) in [6.45, 7) is 5.56. The van der Waals surface area contributed by atoms with Crippen LogP contribution in [0.25, 0.3) is 11.1 Å². The number of alkyl halides is 3. The van der Waals surface area contributed by atoms with Gasteiger partial charge in [0, 0.05) is 18.7 Å². The zero-order chi connectivity index (χ0) is 21.7. The Morgan fingerprint density at radius 1 is 0.897 bits per heavy atom. The molecule has 29 heavy (non-hydrogen) atoms. The van der Waals surface area contributed by atoms with Crippen molar-refractivity contribution in [1.82, 2.24) is 10.6 Å². The summed E-state index contributed by atoms with van der Waals surface area (Å²) in [5.41, 5.74) is -0.0381. The van der Waals surface area contributed by atoms with Crippen LogP contribution in [0, 0.1) is 0 Å². The summed E-state index contributed by atoms with van der Waals surface area (Å²) >= 11 is 0. The summed E-state index contributed by atoms with van der Waals surface area (Å²) in [6, 6.07) is 11.2. The van der Waals surface area contributed by atoms with Crippen LogP contribution < -0.4 is 10.6 Å². The molecule has 2 amide bonds. The van der Waals surface area contributed by atoms with Crippen LogP contribution in [0.1, 0.15) is 36.7 Å². The minimum absolute atomic E-state index is 0.166. The quantitative estimate of drug-likeness (QED) is 0.709. The van der Waals surface area contributed by atoms with E-state index in [9.17, 15) is 22.8 Å². The first-order valence-electron chi connectivity index (χ1n) is 8.99. The van der Waals surface area contributed by atoms with Gasteiger partial charge in [-0.3, -0.25) is 4.79 Å². The average Bonchev–Trinajstić information content (AvgIpc) is 2.63. The van der Waals surface area contributed by atoms with Crippen molar-refractivity contribution in [3.05, 3.63) is 59.7 Å². The lowest BCUT2D eigenvalue weighted by Gasteiger charge is -2.19. The Morgan fingerprint density at radius 3 is 2.07 bits per heavy atom. The van der Waals surface area contributed by atoms with Gasteiger partial charge < -0.3 is 15.4 Å². The van der Waals surface area contributed by atoms with Crippen LogP contribution in [-0.4, -0.2) is 30.7 Å². The molecule has 0 saturated carbocycles. The molecular formula is C21H23F3N2O3. The van der Waals surface area contributed by atoms with Crippen LogP contribution in [0.2, 0.25) is 0 Å². The molecule has 156 valence electrons. The minimum Gasteiger partial charge on any atom is -0.444 e. The van der Waals surface area contributed by atoms with Crippen molar-refractivity contribution in [2.45, 2.75) is 32.5 Å². The average molecular weight is 408 g/mol. The second kappa shape index (κ2) is 8.98. The smallest absolute Gasteiger partial charge is 0.416 e. The fourth-order valence-corrected chi connectivity index (χ4v) is 2.52. The van der Waals surface area contributed by atoms with Crippen LogP contribution in [-0.2, 0) is 10.9 Å². The van der Waals surface area contributed by atoms with Gasteiger partial charge in [0.05, 0.1) is 5.56 Å². The van der Waals surface area contributed by atoms with Gasteiger partial charge in [-0.1, -0.05) is 30.3 Å². The Kier molecular flexibility index (Phi) is 6.89. The highest BCUT2D eigenvalue weighted by atomic mass is 19.4. The number of rotatable bonds is 5. The lowest BCUT2D eigenvalue weighted by atomic mass is 9.98. The summed E-state index contributed by atoms with van der Waals surface area (Å²) in [7, 11) is 0. The molecule has 2 aromatic carbocycles. The van der Waals surface area contributed by atoms with Crippen molar-refractivity contribution >= 4 is 12.0 Å². The maximum absolute atomic E-state index is 12.7. The van der Waals surface area contributed by atoms with Crippen molar-refractivity contribution in [1.29, 1.82) is 0 Å². The highest BCUT2D eigenvalue weighted by molar-refractivity contribution is 6.00. The molecule has 0 aliphatic carbocycles. The number of ether oxygens (including phenoxy) is 1. The van der Waals surface area contributed by atoms with Crippen molar-refractivity contribution in [2.75, 3.05) is 13.1 Å². The van der Waals surface area contributed by atoms with Crippen LogP contribution in [0.3, 0.4) is 0 Å². The predicted molar refractivity (Wildman–Crippen MR) is 103 cm³/mol. The van der Waals surface area contributed by atoms with Gasteiger partial charge in [-0.15, -0.1) is 0 Å². The van der Waals surface area contributed by atoms with Gasteiger partial charge in [0.15, 0.2) is 0 Å². The molecule has 0 bridgehead atoms. The normalized spacial score (nSPS) is 11.7. The molecule has 2 N–H and O–H groups in total. The molecule has 2 rings (SSSR count). The molecule has 0 aliphatic heterocycles. The number of amides is 2. The molecule has 2 aromatic rings. The molecule has 0 heterocycles. The predicted octanol–water partition coefficient (Wildman–Crippen LogP) is 4.63. The van der Waals surface area contributed by atoms with Gasteiger partial charge in [0.2, 0.25) is 0 Å². The van der Waals surface area contributed by atoms with E-state index >= 15 is 0 Å². The molecule has 0 atom stereocenters. The van der Waals surface area contributed by atoms with E-state index in [2.05, 4.69) is 10.6 Å². The molecule has 0 aliphatic rings. The number of benzene rings is 2. The summed E-state index contributed by atoms with van der Waals surface area (Å²) in [4.78, 5) is 24.1. The Hall–Kier alpha value is -3.03. The zero-order valence-electron chi connectivity index (χ0n) is 16.4. The van der Waals surface area contributed by atoms with E-state index < -0.39 is 29.3 Å². The third kappa shape index (κ3) is 6.81. The van der Waals surface area contributed by atoms with E-state index in [0.717, 1.165) is 12.1 Å². The Labute approximate surface area is 167 Å². The molecule has 0 spiro atoms. The van der Waals surface area contributed by atoms with E-state index in [4.69, 9.17) is 4.74 Å². The number of halogens is 3. The Morgan fingerprint density at radius 2 is 1.48 bits per heavy atom. The number of carbonyl (C=O) groups is 2. The summed E-state index contributed by atoms with van der Waals surface area (Å²) in [5.74, 6) is -0.397. The first-order chi connectivity index (χ1) is 13.5. The van der Waals surface area contributed by atoms with Crippen LogP contribution in [0.5, 0.6) is 0 Å². The SMILES string of the molecule is CC(C)(C)OC(=O)NCCNC(=O)c1ccccc1-c1ccc(C(F)(F)F)cc1. The van der Waals surface area contributed by atoms with E-state index in [-0.39, 0.29) is 13.1 Å². The van der Waals surface area contributed by atoms with Gasteiger partial charge in [0.1, 0.15) is 5.60 Å². The second-order valence-corrected chi connectivity index (χ2v) is 7.31. The van der Waals surface area contributed by atoms with Crippen LogP contribution in [0.4, 0.5) is 18.0 Å². The van der Waals surface area contributed by atoms with Crippen LogP contribution >= 0.6 is 0 Å². The van der Waals surface area contributed by atoms with E-state index in [1.165, 1.54) is 12.1 Å². The molecule has 0 radical (unpaired) electrons. The van der Waals surface area contributed by atoms with Crippen molar-refractivity contribution < 1.29 is 27.5 Å². The van der Waals surface area contributed by atoms with Crippen molar-refractivity contribution in [3.63, 3.8) is 0 Å². The third-order valence-electron chi connectivity index (χ3n) is 3.77. The summed E-state index contributed by atoms with van der Waals surface area (Å²) in [5, 5.41) is 5.20. The summed E-state index contributed by atoms with van der Waals surface area (Å²) in [6.07, 6.45) is -5.01. The summed E-state index contributed by atoms with van der Waals surface area (Å²) < 4.78 is 43.3. The Bertz CT molecular complexity index is 857. The van der Waals surface area contributed by atoms with Gasteiger partial charge >= 0.3 is 12.3 Å². The second-order valence-electron chi connectivity index (χ2n) is 7.31. The minimum atomic E-state index is -4.42. The first kappa shape index (κ1) is 22.3. The largest absolute Gasteiger partial charge is 0.444 e. The van der Waals surface area contributed by atoms with Gasteiger partial charge in [0.25, 0.3) is 5.91 Å². The highest BCUT2D eigenvalue weighted by Crippen LogP contribution is 2.31. The number of nitrogens with one attached hydrogen (secondary N) is 2. The molecule has 0 aromatic heterocycles. The van der Waals surface area contributed by atoms with E-state index in [1.807, 2.05) is 0 Å². The highest BCUT2D eigenvalue weighted by Gasteiger charge is 2.30. The molecule has 5 nitrogen and oxygen atoms in total. The van der Waals surface area contributed by atoms with E-state index in [0.29, 0.717) is 16.7 Å². The number of alkyl carbamates (subject to hydrolysis) is 1. The first-order valence-corrected chi connectivity index (χ1v) is 8.99. The van der Waals surface area contributed by atoms with Gasteiger partial charge in [-0.25, -0.2) is 4.79 Å². The van der Waals surface area contributed by atoms with E-state index in [1.54, 1.807) is 45.0 Å². The molecule has 0 fully saturated rings. The number of hydrogen-bond donors (Lipinski definition) is 2. The number of carbonyl (C=O) groups excluding carboxylic acids is 2.